The molecule has 178 valence electrons. The van der Waals surface area contributed by atoms with Crippen LogP contribution in [-0.4, -0.2) is 51.4 Å². The summed E-state index contributed by atoms with van der Waals surface area (Å²) >= 11 is 0. The summed E-state index contributed by atoms with van der Waals surface area (Å²) in [5.74, 6) is -1.34. The van der Waals surface area contributed by atoms with Crippen molar-refractivity contribution in [3.63, 3.8) is 0 Å². The summed E-state index contributed by atoms with van der Waals surface area (Å²) in [6.45, 7) is 0.339. The lowest BCUT2D eigenvalue weighted by Gasteiger charge is -2.24. The lowest BCUT2D eigenvalue weighted by molar-refractivity contribution is -0.274. The van der Waals surface area contributed by atoms with Crippen LogP contribution >= 0.6 is 0 Å². The highest BCUT2D eigenvalue weighted by Crippen LogP contribution is 2.27. The van der Waals surface area contributed by atoms with E-state index in [1.807, 2.05) is 0 Å². The standard InChI is InChI=1S/C23H20F3N3O5/c24-23(25,26)34-16-6-3-5-15(12-16)27-21(31)19-9-4-10-28(19)20(30)11-14-13-29(22(32)33)18-8-2-1-7-17(14)18/h1-3,5-8,12-13,19H,4,9-11H2,(H,27,31)(H,32,33)/t19-/m0/s1. The number of likely N-dealkylation sites (tertiary alicyclic amines) is 1. The van der Waals surface area contributed by atoms with Crippen molar-refractivity contribution in [3.8, 4) is 5.75 Å². The van der Waals surface area contributed by atoms with Gasteiger partial charge in [-0.25, -0.2) is 4.79 Å². The first kappa shape index (κ1) is 23.1. The van der Waals surface area contributed by atoms with Gasteiger partial charge in [-0.3, -0.25) is 14.2 Å². The molecule has 2 amide bonds. The molecule has 0 bridgehead atoms. The number of nitrogens with zero attached hydrogens (tertiary/aromatic N) is 2. The highest BCUT2D eigenvalue weighted by atomic mass is 19.4. The number of alkyl halides is 3. The van der Waals surface area contributed by atoms with Gasteiger partial charge in [0, 0.05) is 29.9 Å². The zero-order valence-electron chi connectivity index (χ0n) is 17.7. The molecule has 0 aliphatic carbocycles. The summed E-state index contributed by atoms with van der Waals surface area (Å²) < 4.78 is 42.3. The largest absolute Gasteiger partial charge is 0.573 e. The molecule has 1 fully saturated rings. The number of rotatable bonds is 5. The second-order valence-electron chi connectivity index (χ2n) is 7.81. The normalized spacial score (nSPS) is 16.0. The van der Waals surface area contributed by atoms with Gasteiger partial charge in [0.05, 0.1) is 11.9 Å². The van der Waals surface area contributed by atoms with Crippen molar-refractivity contribution in [2.24, 2.45) is 0 Å². The summed E-state index contributed by atoms with van der Waals surface area (Å²) in [6.07, 6.45) is -3.77. The van der Waals surface area contributed by atoms with Crippen LogP contribution in [0.2, 0.25) is 0 Å². The lowest BCUT2D eigenvalue weighted by Crippen LogP contribution is -2.43. The van der Waals surface area contributed by atoms with Crippen LogP contribution < -0.4 is 10.1 Å². The van der Waals surface area contributed by atoms with E-state index in [0.717, 1.165) is 16.7 Å². The first-order valence-electron chi connectivity index (χ1n) is 10.4. The van der Waals surface area contributed by atoms with Gasteiger partial charge in [-0.2, -0.15) is 0 Å². The number of carbonyl (C=O) groups excluding carboxylic acids is 2. The molecule has 4 rings (SSSR count). The van der Waals surface area contributed by atoms with Crippen molar-refractivity contribution in [1.82, 2.24) is 9.47 Å². The topological polar surface area (TPSA) is 101 Å². The van der Waals surface area contributed by atoms with Crippen molar-refractivity contribution >= 4 is 34.5 Å². The van der Waals surface area contributed by atoms with E-state index in [2.05, 4.69) is 10.1 Å². The van der Waals surface area contributed by atoms with E-state index in [1.165, 1.54) is 23.2 Å². The molecule has 11 heteroatoms. The predicted molar refractivity (Wildman–Crippen MR) is 116 cm³/mol. The van der Waals surface area contributed by atoms with Crippen LogP contribution in [0.25, 0.3) is 10.9 Å². The second-order valence-corrected chi connectivity index (χ2v) is 7.81. The van der Waals surface area contributed by atoms with E-state index in [0.29, 0.717) is 35.9 Å². The van der Waals surface area contributed by atoms with Crippen LogP contribution in [0.1, 0.15) is 18.4 Å². The number of anilines is 1. The number of benzene rings is 2. The molecular weight excluding hydrogens is 455 g/mol. The number of aromatic nitrogens is 1. The first-order chi connectivity index (χ1) is 16.1. The molecule has 1 atom stereocenters. The fraction of sp³-hybridized carbons (Fsp3) is 0.261. The minimum atomic E-state index is -4.86. The van der Waals surface area contributed by atoms with Gasteiger partial charge in [-0.1, -0.05) is 24.3 Å². The summed E-state index contributed by atoms with van der Waals surface area (Å²) in [4.78, 5) is 38.8. The van der Waals surface area contributed by atoms with Gasteiger partial charge in [0.2, 0.25) is 11.8 Å². The van der Waals surface area contributed by atoms with Crippen LogP contribution in [0.15, 0.2) is 54.7 Å². The van der Waals surface area contributed by atoms with E-state index in [9.17, 15) is 32.7 Å². The molecule has 1 aliphatic heterocycles. The first-order valence-corrected chi connectivity index (χ1v) is 10.4. The van der Waals surface area contributed by atoms with Gasteiger partial charge in [0.15, 0.2) is 0 Å². The molecule has 34 heavy (non-hydrogen) atoms. The maximum atomic E-state index is 13.1. The summed E-state index contributed by atoms with van der Waals surface area (Å²) in [5, 5.41) is 12.6. The number of para-hydroxylation sites is 1. The molecule has 2 N–H and O–H groups in total. The Morgan fingerprint density at radius 3 is 2.62 bits per heavy atom. The average Bonchev–Trinajstić information content (AvgIpc) is 3.38. The van der Waals surface area contributed by atoms with Gasteiger partial charge in [0.25, 0.3) is 0 Å². The highest BCUT2D eigenvalue weighted by molar-refractivity contribution is 5.99. The number of ether oxygens (including phenoxy) is 1. The predicted octanol–water partition coefficient (Wildman–Crippen LogP) is 4.24. The Bertz CT molecular complexity index is 1250. The molecule has 1 saturated heterocycles. The maximum Gasteiger partial charge on any atom is 0.573 e. The molecule has 0 spiro atoms. The van der Waals surface area contributed by atoms with E-state index in [1.54, 1.807) is 24.3 Å². The Morgan fingerprint density at radius 1 is 1.12 bits per heavy atom. The molecular formula is C23H20F3N3O5. The maximum absolute atomic E-state index is 13.1. The quantitative estimate of drug-likeness (QED) is 0.575. The Morgan fingerprint density at radius 2 is 1.88 bits per heavy atom. The fourth-order valence-electron chi connectivity index (χ4n) is 4.15. The van der Waals surface area contributed by atoms with Gasteiger partial charge >= 0.3 is 12.5 Å². The van der Waals surface area contributed by atoms with Crippen molar-refractivity contribution in [1.29, 1.82) is 0 Å². The molecule has 2 aromatic carbocycles. The van der Waals surface area contributed by atoms with Gasteiger partial charge in [-0.15, -0.1) is 13.2 Å². The Hall–Kier alpha value is -4.02. The lowest BCUT2D eigenvalue weighted by atomic mass is 10.1. The molecule has 1 aromatic heterocycles. The highest BCUT2D eigenvalue weighted by Gasteiger charge is 2.35. The summed E-state index contributed by atoms with van der Waals surface area (Å²) in [6, 6.07) is 10.9. The fourth-order valence-corrected chi connectivity index (χ4v) is 4.15. The Balaban J connectivity index is 1.48. The molecule has 0 radical (unpaired) electrons. The zero-order chi connectivity index (χ0) is 24.5. The zero-order valence-corrected chi connectivity index (χ0v) is 17.7. The minimum absolute atomic E-state index is 0.0977. The van der Waals surface area contributed by atoms with Crippen molar-refractivity contribution in [2.75, 3.05) is 11.9 Å². The smallest absolute Gasteiger partial charge is 0.464 e. The number of halogens is 3. The molecule has 0 saturated carbocycles. The number of hydrogen-bond acceptors (Lipinski definition) is 4. The third-order valence-corrected chi connectivity index (χ3v) is 5.55. The number of amides is 2. The van der Waals surface area contributed by atoms with Crippen molar-refractivity contribution < 1.29 is 37.4 Å². The molecule has 3 aromatic rings. The summed E-state index contributed by atoms with van der Waals surface area (Å²) in [5.41, 5.74) is 1.08. The average molecular weight is 475 g/mol. The van der Waals surface area contributed by atoms with Crippen LogP contribution in [0.5, 0.6) is 5.75 Å². The molecule has 0 unspecified atom stereocenters. The van der Waals surface area contributed by atoms with Crippen LogP contribution in [0.4, 0.5) is 23.7 Å². The SMILES string of the molecule is O=C(Nc1cccc(OC(F)(F)F)c1)[C@@H]1CCCN1C(=O)Cc1cn(C(=O)O)c2ccccc12. The molecule has 8 nitrogen and oxygen atoms in total. The summed E-state index contributed by atoms with van der Waals surface area (Å²) in [7, 11) is 0. The van der Waals surface area contributed by atoms with Crippen LogP contribution in [0, 0.1) is 0 Å². The third kappa shape index (κ3) is 4.98. The second kappa shape index (κ2) is 9.08. The Labute approximate surface area is 191 Å². The van der Waals surface area contributed by atoms with E-state index >= 15 is 0 Å². The van der Waals surface area contributed by atoms with E-state index in [4.69, 9.17) is 0 Å². The molecule has 1 aliphatic rings. The third-order valence-electron chi connectivity index (χ3n) is 5.55. The van der Waals surface area contributed by atoms with Gasteiger partial charge < -0.3 is 20.1 Å². The van der Waals surface area contributed by atoms with E-state index < -0.39 is 30.2 Å². The van der Waals surface area contributed by atoms with Gasteiger partial charge in [0.1, 0.15) is 11.8 Å². The number of nitrogens with one attached hydrogen (secondary N) is 1. The number of fused-ring (bicyclic) bond motifs is 1. The van der Waals surface area contributed by atoms with Crippen LogP contribution in [-0.2, 0) is 16.0 Å². The van der Waals surface area contributed by atoms with E-state index in [-0.39, 0.29) is 18.0 Å². The minimum Gasteiger partial charge on any atom is -0.464 e. The number of carboxylic acid groups (broad SMARTS) is 1. The van der Waals surface area contributed by atoms with Crippen molar-refractivity contribution in [2.45, 2.75) is 31.7 Å². The number of hydrogen-bond donors (Lipinski definition) is 2. The van der Waals surface area contributed by atoms with Gasteiger partial charge in [-0.05, 0) is 36.6 Å². The Kier molecular flexibility index (Phi) is 6.18. The molecule has 2 heterocycles. The van der Waals surface area contributed by atoms with Crippen LogP contribution in [0.3, 0.4) is 0 Å². The number of carbonyl (C=O) groups is 3. The van der Waals surface area contributed by atoms with Crippen molar-refractivity contribution in [3.05, 3.63) is 60.3 Å². The monoisotopic (exact) mass is 475 g/mol.